The van der Waals surface area contributed by atoms with Crippen LogP contribution in [0, 0.1) is 29.6 Å². The van der Waals surface area contributed by atoms with Crippen LogP contribution in [0.4, 0.5) is 0 Å². The topological polar surface area (TPSA) is 40.5 Å². The van der Waals surface area contributed by atoms with E-state index >= 15 is 0 Å². The Hall–Kier alpha value is -0.830. The van der Waals surface area contributed by atoms with Crippen molar-refractivity contribution in [1.29, 1.82) is 0 Å². The zero-order chi connectivity index (χ0) is 12.3. The van der Waals surface area contributed by atoms with Crippen LogP contribution in [0.25, 0.3) is 0 Å². The lowest BCUT2D eigenvalue weighted by molar-refractivity contribution is -0.135. The highest BCUT2D eigenvalue weighted by molar-refractivity contribution is 5.80. The molecule has 1 amide bonds. The minimum absolute atomic E-state index is 0.160. The third-order valence-electron chi connectivity index (χ3n) is 5.73. The van der Waals surface area contributed by atoms with Crippen molar-refractivity contribution in [2.24, 2.45) is 29.6 Å². The maximum absolute atomic E-state index is 12.6. The molecule has 2 bridgehead atoms. The molecule has 1 saturated heterocycles. The first-order chi connectivity index (χ1) is 8.72. The Kier molecular flexibility index (Phi) is 2.35. The number of amides is 1. The number of fused-ring (bicyclic) bond motifs is 3. The van der Waals surface area contributed by atoms with E-state index in [9.17, 15) is 9.90 Å². The molecule has 2 saturated carbocycles. The summed E-state index contributed by atoms with van der Waals surface area (Å²) >= 11 is 0. The normalized spacial score (nSPS) is 49.1. The number of aliphatic hydroxyl groups excluding tert-OH is 1. The molecule has 6 unspecified atom stereocenters. The van der Waals surface area contributed by atoms with E-state index in [0.29, 0.717) is 29.6 Å². The molecule has 0 radical (unpaired) electrons. The van der Waals surface area contributed by atoms with Crippen LogP contribution >= 0.6 is 0 Å². The van der Waals surface area contributed by atoms with Gasteiger partial charge in [-0.15, -0.1) is 0 Å². The third kappa shape index (κ3) is 1.49. The summed E-state index contributed by atoms with van der Waals surface area (Å²) in [6, 6.07) is 0. The van der Waals surface area contributed by atoms with Crippen LogP contribution < -0.4 is 0 Å². The average Bonchev–Trinajstić information content (AvgIpc) is 3.09. The summed E-state index contributed by atoms with van der Waals surface area (Å²) in [4.78, 5) is 14.6. The average molecular weight is 247 g/mol. The van der Waals surface area contributed by atoms with Crippen molar-refractivity contribution in [3.05, 3.63) is 12.2 Å². The van der Waals surface area contributed by atoms with Gasteiger partial charge in [-0.1, -0.05) is 12.2 Å². The van der Waals surface area contributed by atoms with E-state index in [1.54, 1.807) is 0 Å². The number of carbonyl (C=O) groups excluding carboxylic acids is 1. The molecule has 3 fully saturated rings. The van der Waals surface area contributed by atoms with E-state index in [1.165, 1.54) is 6.42 Å². The number of aliphatic hydroxyl groups is 1. The highest BCUT2D eigenvalue weighted by Crippen LogP contribution is 2.46. The van der Waals surface area contributed by atoms with Gasteiger partial charge in [-0.25, -0.2) is 0 Å². The van der Waals surface area contributed by atoms with Crippen molar-refractivity contribution in [3.8, 4) is 0 Å². The SMILES string of the molecule is O=C(C1CC2C=CC1C2)N1CC2CCC(O)C2C1. The van der Waals surface area contributed by atoms with Crippen LogP contribution in [0.5, 0.6) is 0 Å². The van der Waals surface area contributed by atoms with E-state index in [2.05, 4.69) is 17.1 Å². The largest absolute Gasteiger partial charge is 0.393 e. The molecule has 3 heteroatoms. The second-order valence-corrected chi connectivity index (χ2v) is 6.70. The Morgan fingerprint density at radius 2 is 2.06 bits per heavy atom. The second kappa shape index (κ2) is 3.83. The summed E-state index contributed by atoms with van der Waals surface area (Å²) < 4.78 is 0. The van der Waals surface area contributed by atoms with Crippen molar-refractivity contribution in [1.82, 2.24) is 4.90 Å². The van der Waals surface area contributed by atoms with Crippen LogP contribution in [0.2, 0.25) is 0 Å². The molecule has 3 nitrogen and oxygen atoms in total. The maximum atomic E-state index is 12.6. The minimum Gasteiger partial charge on any atom is -0.393 e. The molecular formula is C15H21NO2. The van der Waals surface area contributed by atoms with Gasteiger partial charge in [0.15, 0.2) is 0 Å². The summed E-state index contributed by atoms with van der Waals surface area (Å²) in [6.45, 7) is 1.71. The smallest absolute Gasteiger partial charge is 0.226 e. The number of hydrogen-bond donors (Lipinski definition) is 1. The molecule has 1 aliphatic heterocycles. The number of rotatable bonds is 1. The van der Waals surface area contributed by atoms with Gasteiger partial charge >= 0.3 is 0 Å². The summed E-state index contributed by atoms with van der Waals surface area (Å²) in [5.74, 6) is 2.72. The van der Waals surface area contributed by atoms with E-state index in [1.807, 2.05) is 0 Å². The van der Waals surface area contributed by atoms with Crippen molar-refractivity contribution < 1.29 is 9.90 Å². The van der Waals surface area contributed by atoms with E-state index in [-0.39, 0.29) is 12.0 Å². The maximum Gasteiger partial charge on any atom is 0.226 e. The van der Waals surface area contributed by atoms with Crippen LogP contribution in [0.1, 0.15) is 25.7 Å². The summed E-state index contributed by atoms with van der Waals surface area (Å²) in [7, 11) is 0. The highest BCUT2D eigenvalue weighted by Gasteiger charge is 2.47. The zero-order valence-electron chi connectivity index (χ0n) is 10.7. The first-order valence-electron chi connectivity index (χ1n) is 7.37. The molecule has 0 aromatic carbocycles. The minimum atomic E-state index is -0.160. The molecule has 3 aliphatic carbocycles. The lowest BCUT2D eigenvalue weighted by Crippen LogP contribution is -2.37. The molecule has 1 heterocycles. The second-order valence-electron chi connectivity index (χ2n) is 6.70. The Balaban J connectivity index is 1.46. The molecule has 4 rings (SSSR count). The van der Waals surface area contributed by atoms with Crippen molar-refractivity contribution in [2.75, 3.05) is 13.1 Å². The molecule has 98 valence electrons. The number of nitrogens with zero attached hydrogens (tertiary/aromatic N) is 1. The van der Waals surface area contributed by atoms with Gasteiger partial charge in [-0.3, -0.25) is 4.79 Å². The van der Waals surface area contributed by atoms with Crippen molar-refractivity contribution in [2.45, 2.75) is 31.8 Å². The molecule has 18 heavy (non-hydrogen) atoms. The van der Waals surface area contributed by atoms with E-state index in [0.717, 1.165) is 32.4 Å². The van der Waals surface area contributed by atoms with Gasteiger partial charge in [0.2, 0.25) is 5.91 Å². The van der Waals surface area contributed by atoms with Crippen LogP contribution in [-0.2, 0) is 4.79 Å². The van der Waals surface area contributed by atoms with Gasteiger partial charge in [0.1, 0.15) is 0 Å². The number of likely N-dealkylation sites (tertiary alicyclic amines) is 1. The Labute approximate surface area is 108 Å². The predicted molar refractivity (Wildman–Crippen MR) is 67.6 cm³/mol. The summed E-state index contributed by atoms with van der Waals surface area (Å²) in [5, 5.41) is 9.92. The molecule has 1 N–H and O–H groups in total. The fourth-order valence-corrected chi connectivity index (χ4v) is 4.72. The Bertz CT molecular complexity index is 405. The Morgan fingerprint density at radius 3 is 2.72 bits per heavy atom. The first kappa shape index (κ1) is 11.0. The van der Waals surface area contributed by atoms with Gasteiger partial charge in [0.05, 0.1) is 6.10 Å². The van der Waals surface area contributed by atoms with Gasteiger partial charge in [-0.05, 0) is 43.4 Å². The molecular weight excluding hydrogens is 226 g/mol. The highest BCUT2D eigenvalue weighted by atomic mass is 16.3. The third-order valence-corrected chi connectivity index (χ3v) is 5.73. The van der Waals surface area contributed by atoms with Gasteiger partial charge in [0, 0.05) is 24.9 Å². The van der Waals surface area contributed by atoms with Gasteiger partial charge < -0.3 is 10.0 Å². The number of hydrogen-bond acceptors (Lipinski definition) is 2. The molecule has 4 aliphatic rings. The van der Waals surface area contributed by atoms with Crippen LogP contribution in [-0.4, -0.2) is 35.1 Å². The molecule has 6 atom stereocenters. The Morgan fingerprint density at radius 1 is 1.17 bits per heavy atom. The van der Waals surface area contributed by atoms with Crippen molar-refractivity contribution >= 4 is 5.91 Å². The number of carbonyl (C=O) groups is 1. The standard InChI is InChI=1S/C15H21NO2/c17-14-4-3-11-7-16(8-13(11)14)15(18)12-6-9-1-2-10(12)5-9/h1-2,9-14,17H,3-8H2. The fourth-order valence-electron chi connectivity index (χ4n) is 4.72. The van der Waals surface area contributed by atoms with Crippen LogP contribution in [0.15, 0.2) is 12.2 Å². The lowest BCUT2D eigenvalue weighted by Gasteiger charge is -2.25. The summed E-state index contributed by atoms with van der Waals surface area (Å²) in [5.41, 5.74) is 0. The fraction of sp³-hybridized carbons (Fsp3) is 0.800. The lowest BCUT2D eigenvalue weighted by atomic mass is 9.92. The number of allylic oxidation sites excluding steroid dienone is 2. The first-order valence-corrected chi connectivity index (χ1v) is 7.37. The molecule has 0 aromatic rings. The molecule has 0 spiro atoms. The molecule has 0 aromatic heterocycles. The van der Waals surface area contributed by atoms with E-state index < -0.39 is 0 Å². The summed E-state index contributed by atoms with van der Waals surface area (Å²) in [6.07, 6.45) is 8.68. The zero-order valence-corrected chi connectivity index (χ0v) is 10.7. The van der Waals surface area contributed by atoms with Gasteiger partial charge in [0.25, 0.3) is 0 Å². The van der Waals surface area contributed by atoms with Gasteiger partial charge in [-0.2, -0.15) is 0 Å². The van der Waals surface area contributed by atoms with Crippen LogP contribution in [0.3, 0.4) is 0 Å². The van der Waals surface area contributed by atoms with Crippen molar-refractivity contribution in [3.63, 3.8) is 0 Å². The monoisotopic (exact) mass is 247 g/mol. The quantitative estimate of drug-likeness (QED) is 0.712. The van der Waals surface area contributed by atoms with E-state index in [4.69, 9.17) is 0 Å². The predicted octanol–water partition coefficient (Wildman–Crippen LogP) is 1.43.